The fourth-order valence-electron chi connectivity index (χ4n) is 1.61. The molecule has 1 aromatic carbocycles. The molecule has 118 valence electrons. The molecule has 2 rings (SSSR count). The van der Waals surface area contributed by atoms with E-state index in [0.717, 1.165) is 0 Å². The molecule has 0 saturated heterocycles. The number of carbonyl (C=O) groups is 1. The number of aliphatic hydroxyl groups is 1. The molecule has 6 nitrogen and oxygen atoms in total. The van der Waals surface area contributed by atoms with E-state index in [1.54, 1.807) is 25.1 Å². The molecule has 0 bridgehead atoms. The Kier molecular flexibility index (Phi) is 5.65. The van der Waals surface area contributed by atoms with Crippen molar-refractivity contribution in [1.82, 2.24) is 10.5 Å². The fraction of sp³-hybridized carbons (Fsp3) is 0.286. The Morgan fingerprint density at radius 1 is 1.50 bits per heavy atom. The molecule has 2 aromatic rings. The molecule has 0 aliphatic heterocycles. The highest BCUT2D eigenvalue weighted by Crippen LogP contribution is 2.31. The number of hydrogen-bond acceptors (Lipinski definition) is 5. The van der Waals surface area contributed by atoms with Gasteiger partial charge in [0.15, 0.2) is 0 Å². The topological polar surface area (TPSA) is 84.6 Å². The third-order valence-electron chi connectivity index (χ3n) is 2.70. The van der Waals surface area contributed by atoms with Gasteiger partial charge in [0.25, 0.3) is 5.91 Å². The molecule has 1 amide bonds. The number of ether oxygens (including phenoxy) is 1. The largest absolute Gasteiger partial charge is 0.489 e. The lowest BCUT2D eigenvalue weighted by Crippen LogP contribution is -2.35. The molecule has 0 aliphatic carbocycles. The Bertz CT molecular complexity index is 660. The molecule has 2 N–H and O–H groups in total. The predicted molar refractivity (Wildman–Crippen MR) is 81.5 cm³/mol. The zero-order chi connectivity index (χ0) is 16.1. The fourth-order valence-corrected chi connectivity index (χ4v) is 1.96. The SMILES string of the molecule is Cc1cc(C(=O)NC[C@H](O)COc2cccc(Cl)c2Cl)on1. The van der Waals surface area contributed by atoms with Crippen molar-refractivity contribution in [3.8, 4) is 5.75 Å². The maximum absolute atomic E-state index is 11.7. The Labute approximate surface area is 137 Å². The number of amides is 1. The summed E-state index contributed by atoms with van der Waals surface area (Å²) < 4.78 is 10.2. The first-order chi connectivity index (χ1) is 10.5. The molecule has 1 heterocycles. The summed E-state index contributed by atoms with van der Waals surface area (Å²) in [4.78, 5) is 11.7. The van der Waals surface area contributed by atoms with Crippen LogP contribution in [-0.2, 0) is 0 Å². The van der Waals surface area contributed by atoms with Crippen molar-refractivity contribution >= 4 is 29.1 Å². The van der Waals surface area contributed by atoms with Crippen LogP contribution in [0.2, 0.25) is 10.0 Å². The second kappa shape index (κ2) is 7.49. The van der Waals surface area contributed by atoms with E-state index in [1.807, 2.05) is 0 Å². The van der Waals surface area contributed by atoms with Crippen molar-refractivity contribution in [2.24, 2.45) is 0 Å². The van der Waals surface area contributed by atoms with E-state index in [0.29, 0.717) is 16.5 Å². The molecule has 0 spiro atoms. The second-order valence-corrected chi connectivity index (χ2v) is 5.34. The Balaban J connectivity index is 1.79. The minimum atomic E-state index is -0.914. The number of rotatable bonds is 6. The van der Waals surface area contributed by atoms with Gasteiger partial charge < -0.3 is 19.7 Å². The number of benzene rings is 1. The van der Waals surface area contributed by atoms with E-state index in [1.165, 1.54) is 6.07 Å². The van der Waals surface area contributed by atoms with Crippen molar-refractivity contribution in [2.75, 3.05) is 13.2 Å². The van der Waals surface area contributed by atoms with Crippen LogP contribution < -0.4 is 10.1 Å². The van der Waals surface area contributed by atoms with E-state index in [9.17, 15) is 9.90 Å². The van der Waals surface area contributed by atoms with Crippen molar-refractivity contribution in [3.05, 3.63) is 45.8 Å². The van der Waals surface area contributed by atoms with Crippen molar-refractivity contribution in [3.63, 3.8) is 0 Å². The number of aliphatic hydroxyl groups excluding tert-OH is 1. The summed E-state index contributed by atoms with van der Waals surface area (Å²) in [6.07, 6.45) is -0.914. The molecule has 0 aliphatic rings. The number of aromatic nitrogens is 1. The number of halogens is 2. The Hall–Kier alpha value is -1.76. The van der Waals surface area contributed by atoms with Gasteiger partial charge in [0.05, 0.1) is 10.7 Å². The van der Waals surface area contributed by atoms with E-state index in [-0.39, 0.29) is 23.9 Å². The summed E-state index contributed by atoms with van der Waals surface area (Å²) in [7, 11) is 0. The number of nitrogens with zero attached hydrogens (tertiary/aromatic N) is 1. The number of hydrogen-bond donors (Lipinski definition) is 2. The van der Waals surface area contributed by atoms with Crippen LogP contribution in [0, 0.1) is 6.92 Å². The summed E-state index contributed by atoms with van der Waals surface area (Å²) in [5, 5.41) is 16.6. The summed E-state index contributed by atoms with van der Waals surface area (Å²) in [6, 6.07) is 6.46. The maximum atomic E-state index is 11.7. The second-order valence-electron chi connectivity index (χ2n) is 4.56. The van der Waals surface area contributed by atoms with E-state index < -0.39 is 12.0 Å². The van der Waals surface area contributed by atoms with Crippen LogP contribution >= 0.6 is 23.2 Å². The number of aryl methyl sites for hydroxylation is 1. The average Bonchev–Trinajstić information content (AvgIpc) is 2.93. The van der Waals surface area contributed by atoms with E-state index in [4.69, 9.17) is 32.5 Å². The monoisotopic (exact) mass is 344 g/mol. The third-order valence-corrected chi connectivity index (χ3v) is 3.50. The normalized spacial score (nSPS) is 12.0. The van der Waals surface area contributed by atoms with Gasteiger partial charge in [-0.05, 0) is 19.1 Å². The minimum absolute atomic E-state index is 0.00321. The van der Waals surface area contributed by atoms with Crippen LogP contribution in [0.3, 0.4) is 0 Å². The van der Waals surface area contributed by atoms with Crippen molar-refractivity contribution in [1.29, 1.82) is 0 Å². The van der Waals surface area contributed by atoms with Gasteiger partial charge in [-0.15, -0.1) is 0 Å². The molecule has 1 atom stereocenters. The molecular weight excluding hydrogens is 331 g/mol. The summed E-state index contributed by atoms with van der Waals surface area (Å²) >= 11 is 11.8. The lowest BCUT2D eigenvalue weighted by Gasteiger charge is -2.13. The van der Waals surface area contributed by atoms with Crippen LogP contribution in [0.4, 0.5) is 0 Å². The maximum Gasteiger partial charge on any atom is 0.289 e. The highest BCUT2D eigenvalue weighted by molar-refractivity contribution is 6.42. The predicted octanol–water partition coefficient (Wildman–Crippen LogP) is 2.46. The first-order valence-corrected chi connectivity index (χ1v) is 7.19. The van der Waals surface area contributed by atoms with Gasteiger partial charge in [0.2, 0.25) is 5.76 Å². The summed E-state index contributed by atoms with van der Waals surface area (Å²) in [5.74, 6) is -0.00524. The van der Waals surface area contributed by atoms with Crippen molar-refractivity contribution < 1.29 is 19.2 Å². The first-order valence-electron chi connectivity index (χ1n) is 6.43. The average molecular weight is 345 g/mol. The highest BCUT2D eigenvalue weighted by Gasteiger charge is 2.14. The molecule has 0 radical (unpaired) electrons. The summed E-state index contributed by atoms with van der Waals surface area (Å²) in [6.45, 7) is 1.66. The zero-order valence-electron chi connectivity index (χ0n) is 11.7. The standard InChI is InChI=1S/C14H14Cl2N2O4/c1-8-5-12(22-18-8)14(20)17-6-9(19)7-21-11-4-2-3-10(15)13(11)16/h2-5,9,19H,6-7H2,1H3,(H,17,20)/t9-/m0/s1. The molecule has 1 aromatic heterocycles. The lowest BCUT2D eigenvalue weighted by atomic mass is 10.3. The van der Waals surface area contributed by atoms with Crippen LogP contribution in [0.5, 0.6) is 5.75 Å². The quantitative estimate of drug-likeness (QED) is 0.840. The number of nitrogens with one attached hydrogen (secondary N) is 1. The number of carbonyl (C=O) groups excluding carboxylic acids is 1. The van der Waals surface area contributed by atoms with E-state index >= 15 is 0 Å². The van der Waals surface area contributed by atoms with Gasteiger partial charge in [-0.25, -0.2) is 0 Å². The van der Waals surface area contributed by atoms with Gasteiger partial charge in [0, 0.05) is 12.6 Å². The van der Waals surface area contributed by atoms with Gasteiger partial charge in [-0.2, -0.15) is 0 Å². The van der Waals surface area contributed by atoms with Gasteiger partial charge >= 0.3 is 0 Å². The molecule has 8 heteroatoms. The van der Waals surface area contributed by atoms with Gasteiger partial charge in [0.1, 0.15) is 23.5 Å². The lowest BCUT2D eigenvalue weighted by molar-refractivity contribution is 0.0815. The van der Waals surface area contributed by atoms with Crippen LogP contribution in [0.25, 0.3) is 0 Å². The van der Waals surface area contributed by atoms with Gasteiger partial charge in [-0.3, -0.25) is 4.79 Å². The highest BCUT2D eigenvalue weighted by atomic mass is 35.5. The van der Waals surface area contributed by atoms with Crippen molar-refractivity contribution in [2.45, 2.75) is 13.0 Å². The first kappa shape index (κ1) is 16.6. The molecule has 0 saturated carbocycles. The smallest absolute Gasteiger partial charge is 0.289 e. The molecule has 0 unspecified atom stereocenters. The Morgan fingerprint density at radius 2 is 2.27 bits per heavy atom. The molecule has 22 heavy (non-hydrogen) atoms. The van der Waals surface area contributed by atoms with Crippen LogP contribution in [0.1, 0.15) is 16.2 Å². The molecule has 0 fully saturated rings. The molecular formula is C14H14Cl2N2O4. The van der Waals surface area contributed by atoms with Gasteiger partial charge in [-0.1, -0.05) is 34.4 Å². The third kappa shape index (κ3) is 4.37. The minimum Gasteiger partial charge on any atom is -0.489 e. The zero-order valence-corrected chi connectivity index (χ0v) is 13.2. The summed E-state index contributed by atoms with van der Waals surface area (Å²) in [5.41, 5.74) is 0.602. The van der Waals surface area contributed by atoms with Crippen LogP contribution in [-0.4, -0.2) is 35.4 Å². The Morgan fingerprint density at radius 3 is 2.95 bits per heavy atom. The van der Waals surface area contributed by atoms with E-state index in [2.05, 4.69) is 10.5 Å². The van der Waals surface area contributed by atoms with Crippen LogP contribution in [0.15, 0.2) is 28.8 Å².